The number of likely N-dealkylation sites (N-methyl/N-ethyl adjacent to an activating group) is 1. The minimum atomic E-state index is -1.45. The van der Waals surface area contributed by atoms with E-state index in [1.165, 1.54) is 0 Å². The summed E-state index contributed by atoms with van der Waals surface area (Å²) in [5.41, 5.74) is 0. The molecule has 0 aromatic heterocycles. The van der Waals surface area contributed by atoms with Gasteiger partial charge >= 0.3 is 0 Å². The Morgan fingerprint density at radius 3 is 0.630 bits per heavy atom. The van der Waals surface area contributed by atoms with Gasteiger partial charge in [-0.05, 0) is 33.7 Å². The molecule has 0 aliphatic carbocycles. The van der Waals surface area contributed by atoms with Gasteiger partial charge in [0.15, 0.2) is 8.32 Å². The first-order valence-electron chi connectivity index (χ1n) is 16.6. The average Bonchev–Trinajstić information content (AvgIpc) is 3.01. The zero-order chi connectivity index (χ0) is 33.7. The van der Waals surface area contributed by atoms with Gasteiger partial charge in [-0.1, -0.05) is 0 Å². The van der Waals surface area contributed by atoms with Crippen LogP contribution in [-0.2, 0) is 61.3 Å². The van der Waals surface area contributed by atoms with Gasteiger partial charge in [-0.2, -0.15) is 0 Å². The van der Waals surface area contributed by atoms with Crippen LogP contribution in [-0.4, -0.2) is 199 Å². The van der Waals surface area contributed by atoms with E-state index < -0.39 is 8.32 Å². The first-order valence-corrected chi connectivity index (χ1v) is 20.0. The molecule has 0 N–H and O–H groups in total. The molecule has 0 aromatic rings. The normalized spacial score (nSPS) is 12.1. The fourth-order valence-electron chi connectivity index (χ4n) is 3.18. The number of rotatable bonds is 40. The maximum Gasteiger partial charge on any atom is 0.183 e. The monoisotopic (exact) mass is 689 g/mol. The number of nitrogens with zero attached hydrogens (tertiary/aromatic N) is 1. The zero-order valence-corrected chi connectivity index (χ0v) is 30.6. The van der Waals surface area contributed by atoms with E-state index in [0.717, 1.165) is 13.2 Å². The van der Waals surface area contributed by atoms with E-state index in [1.54, 1.807) is 0 Å². The molecule has 0 aliphatic rings. The highest BCUT2D eigenvalue weighted by Gasteiger charge is 2.13. The zero-order valence-electron chi connectivity index (χ0n) is 29.6. The lowest BCUT2D eigenvalue weighted by Crippen LogP contribution is -2.27. The first-order chi connectivity index (χ1) is 22.4. The second-order valence-electron chi connectivity index (χ2n) is 11.1. The molecule has 0 atom stereocenters. The van der Waals surface area contributed by atoms with Crippen LogP contribution < -0.4 is 0 Å². The van der Waals surface area contributed by atoms with Crippen LogP contribution in [0.3, 0.4) is 0 Å². The minimum Gasteiger partial charge on any atom is -0.415 e. The third-order valence-electron chi connectivity index (χ3n) is 5.54. The Hall–Kier alpha value is -0.343. The van der Waals surface area contributed by atoms with E-state index in [-0.39, 0.29) is 0 Å². The van der Waals surface area contributed by atoms with Gasteiger partial charge in [-0.3, -0.25) is 0 Å². The number of hydrogen-bond acceptors (Lipinski definition) is 14. The Morgan fingerprint density at radius 1 is 0.283 bits per heavy atom. The van der Waals surface area contributed by atoms with Crippen LogP contribution in [0.2, 0.25) is 19.6 Å². The van der Waals surface area contributed by atoms with Gasteiger partial charge in [0.05, 0.1) is 165 Å². The smallest absolute Gasteiger partial charge is 0.183 e. The summed E-state index contributed by atoms with van der Waals surface area (Å²) in [6.45, 7) is 21.1. The summed E-state index contributed by atoms with van der Waals surface area (Å²) in [6, 6.07) is 0. The molecule has 0 unspecified atom stereocenters. The minimum absolute atomic E-state index is 0.514. The molecule has 0 radical (unpaired) electrons. The second kappa shape index (κ2) is 37.5. The maximum atomic E-state index is 5.72. The Bertz CT molecular complexity index is 577. The maximum absolute atomic E-state index is 5.72. The van der Waals surface area contributed by atoms with Crippen LogP contribution in [0.25, 0.3) is 0 Å². The van der Waals surface area contributed by atoms with Crippen LogP contribution in [0.15, 0.2) is 0 Å². The fraction of sp³-hybridized carbons (Fsp3) is 1.00. The van der Waals surface area contributed by atoms with Gasteiger partial charge in [0.25, 0.3) is 0 Å². The third kappa shape index (κ3) is 43.7. The van der Waals surface area contributed by atoms with Gasteiger partial charge < -0.3 is 66.2 Å². The Kier molecular flexibility index (Phi) is 37.2. The second-order valence-corrected chi connectivity index (χ2v) is 15.6. The lowest BCUT2D eigenvalue weighted by molar-refractivity contribution is -0.0286. The van der Waals surface area contributed by atoms with Crippen LogP contribution in [0.1, 0.15) is 0 Å². The quantitative estimate of drug-likeness (QED) is 0.0684. The summed E-state index contributed by atoms with van der Waals surface area (Å²) in [5.74, 6) is 0. The van der Waals surface area contributed by atoms with Crippen molar-refractivity contribution in [2.75, 3.05) is 186 Å². The van der Waals surface area contributed by atoms with E-state index in [0.29, 0.717) is 159 Å². The molecule has 15 heteroatoms. The Labute approximate surface area is 279 Å². The molecule has 0 bridgehead atoms. The molecular weight excluding hydrogens is 622 g/mol. The highest BCUT2D eigenvalue weighted by atomic mass is 28.4. The summed E-state index contributed by atoms with van der Waals surface area (Å²) in [6.07, 6.45) is 0. The van der Waals surface area contributed by atoms with Gasteiger partial charge in [-0.25, -0.2) is 0 Å². The molecule has 0 fully saturated rings. The van der Waals surface area contributed by atoms with Crippen LogP contribution in [0, 0.1) is 0 Å². The molecule has 0 aromatic carbocycles. The van der Waals surface area contributed by atoms with Crippen molar-refractivity contribution < 1.29 is 61.3 Å². The SMILES string of the molecule is CN(C)CCOCCOCCOCCOCCOCCOCCOCCOCCOCCOCCOCCOCCO[Si](C)(C)C. The third-order valence-corrected chi connectivity index (χ3v) is 6.61. The topological polar surface area (TPSA) is 123 Å². The summed E-state index contributed by atoms with van der Waals surface area (Å²) in [4.78, 5) is 2.08. The predicted molar refractivity (Wildman–Crippen MR) is 178 cm³/mol. The lowest BCUT2D eigenvalue weighted by Gasteiger charge is -2.16. The molecule has 0 aliphatic heterocycles. The largest absolute Gasteiger partial charge is 0.415 e. The molecule has 278 valence electrons. The van der Waals surface area contributed by atoms with Gasteiger partial charge in [0.1, 0.15) is 0 Å². The van der Waals surface area contributed by atoms with Crippen molar-refractivity contribution in [3.05, 3.63) is 0 Å². The van der Waals surface area contributed by atoms with Crippen molar-refractivity contribution in [2.24, 2.45) is 0 Å². The molecule has 14 nitrogen and oxygen atoms in total. The first kappa shape index (κ1) is 45.7. The van der Waals surface area contributed by atoms with Crippen molar-refractivity contribution in [2.45, 2.75) is 19.6 Å². The molecular formula is C31H67NO13Si. The highest BCUT2D eigenvalue weighted by Crippen LogP contribution is 2.01. The van der Waals surface area contributed by atoms with Crippen molar-refractivity contribution >= 4 is 8.32 Å². The van der Waals surface area contributed by atoms with E-state index in [2.05, 4.69) is 24.5 Å². The molecule has 0 saturated carbocycles. The predicted octanol–water partition coefficient (Wildman–Crippen LogP) is 1.60. The number of ether oxygens (including phenoxy) is 12. The standard InChI is InChI=1S/C31H67NO13Si/c1-32(2)6-7-33-8-9-34-10-11-35-12-13-36-14-15-37-16-17-38-18-19-39-20-21-40-22-23-41-24-25-42-26-27-43-28-29-44-30-31-45-46(3,4)5/h6-31H2,1-5H3. The Balaban J connectivity index is 3.06. The van der Waals surface area contributed by atoms with Crippen LogP contribution in [0.4, 0.5) is 0 Å². The number of hydrogen-bond donors (Lipinski definition) is 0. The van der Waals surface area contributed by atoms with Gasteiger partial charge in [0, 0.05) is 6.54 Å². The summed E-state index contributed by atoms with van der Waals surface area (Å²) < 4.78 is 71.4. The highest BCUT2D eigenvalue weighted by molar-refractivity contribution is 6.69. The van der Waals surface area contributed by atoms with Crippen molar-refractivity contribution in [3.63, 3.8) is 0 Å². The summed E-state index contributed by atoms with van der Waals surface area (Å²) >= 11 is 0. The van der Waals surface area contributed by atoms with Crippen molar-refractivity contribution in [1.29, 1.82) is 0 Å². The summed E-state index contributed by atoms with van der Waals surface area (Å²) in [7, 11) is 2.59. The Morgan fingerprint density at radius 2 is 0.457 bits per heavy atom. The lowest BCUT2D eigenvalue weighted by atomic mass is 10.6. The average molecular weight is 690 g/mol. The molecule has 0 amide bonds. The molecule has 0 rings (SSSR count). The van der Waals surface area contributed by atoms with E-state index in [9.17, 15) is 0 Å². The van der Waals surface area contributed by atoms with E-state index in [1.807, 2.05) is 14.1 Å². The van der Waals surface area contributed by atoms with Crippen LogP contribution >= 0.6 is 0 Å². The van der Waals surface area contributed by atoms with Crippen molar-refractivity contribution in [3.8, 4) is 0 Å². The van der Waals surface area contributed by atoms with Gasteiger partial charge in [0.2, 0.25) is 0 Å². The summed E-state index contributed by atoms with van der Waals surface area (Å²) in [5, 5.41) is 0. The van der Waals surface area contributed by atoms with E-state index in [4.69, 9.17) is 61.3 Å². The molecule has 46 heavy (non-hydrogen) atoms. The fourth-order valence-corrected chi connectivity index (χ4v) is 3.87. The van der Waals surface area contributed by atoms with Gasteiger partial charge in [-0.15, -0.1) is 0 Å². The molecule has 0 heterocycles. The van der Waals surface area contributed by atoms with Crippen LogP contribution in [0.5, 0.6) is 0 Å². The molecule has 0 spiro atoms. The van der Waals surface area contributed by atoms with Crippen molar-refractivity contribution in [1.82, 2.24) is 4.90 Å². The molecule has 0 saturated heterocycles. The van der Waals surface area contributed by atoms with E-state index >= 15 is 0 Å².